The Kier molecular flexibility index (Phi) is 3.60. The predicted octanol–water partition coefficient (Wildman–Crippen LogP) is -0.563. The summed E-state index contributed by atoms with van der Waals surface area (Å²) in [4.78, 5) is 43.2. The van der Waals surface area contributed by atoms with E-state index in [4.69, 9.17) is 10.2 Å². The smallest absolute Gasteiger partial charge is 0.345 e. The van der Waals surface area contributed by atoms with Gasteiger partial charge in [0.1, 0.15) is 5.78 Å². The minimum atomic E-state index is -1.48. The Hall–Kier alpha value is -1.92. The van der Waals surface area contributed by atoms with E-state index in [0.717, 1.165) is 0 Å². The number of rotatable bonds is 5. The van der Waals surface area contributed by atoms with Crippen molar-refractivity contribution in [2.24, 2.45) is 5.92 Å². The van der Waals surface area contributed by atoms with Crippen molar-refractivity contribution in [2.45, 2.75) is 25.4 Å². The summed E-state index contributed by atoms with van der Waals surface area (Å²) in [7, 11) is 0. The lowest BCUT2D eigenvalue weighted by Gasteiger charge is -2.11. The molecule has 16 heavy (non-hydrogen) atoms. The molecule has 1 rings (SSSR count). The van der Waals surface area contributed by atoms with Gasteiger partial charge < -0.3 is 14.9 Å². The highest BCUT2D eigenvalue weighted by Gasteiger charge is 2.43. The molecule has 1 aliphatic rings. The number of cyclic esters (lactones) is 1. The maximum absolute atomic E-state index is 11.5. The van der Waals surface area contributed by atoms with Gasteiger partial charge in [0.15, 0.2) is 0 Å². The first-order chi connectivity index (χ1) is 7.41. The van der Waals surface area contributed by atoms with E-state index in [-0.39, 0.29) is 19.3 Å². The van der Waals surface area contributed by atoms with Crippen LogP contribution < -0.4 is 0 Å². The summed E-state index contributed by atoms with van der Waals surface area (Å²) in [5.74, 6) is -4.92. The highest BCUT2D eigenvalue weighted by atomic mass is 16.6. The Bertz CT molecular complexity index is 346. The first kappa shape index (κ1) is 12.2. The molecule has 1 saturated heterocycles. The summed E-state index contributed by atoms with van der Waals surface area (Å²) in [6.07, 6.45) is -2.44. The largest absolute Gasteiger partial charge is 0.481 e. The van der Waals surface area contributed by atoms with Gasteiger partial charge in [-0.2, -0.15) is 0 Å². The third-order valence-corrected chi connectivity index (χ3v) is 2.25. The van der Waals surface area contributed by atoms with Crippen molar-refractivity contribution in [2.75, 3.05) is 0 Å². The van der Waals surface area contributed by atoms with E-state index >= 15 is 0 Å². The van der Waals surface area contributed by atoms with E-state index in [2.05, 4.69) is 4.74 Å². The Morgan fingerprint density at radius 3 is 2.38 bits per heavy atom. The highest BCUT2D eigenvalue weighted by Crippen LogP contribution is 2.24. The molecule has 0 spiro atoms. The fraction of sp³-hybridized carbons (Fsp3) is 0.556. The first-order valence-electron chi connectivity index (χ1n) is 4.58. The number of esters is 1. The summed E-state index contributed by atoms with van der Waals surface area (Å²) in [5, 5.41) is 17.0. The van der Waals surface area contributed by atoms with Crippen LogP contribution in [-0.2, 0) is 23.9 Å². The molecule has 0 saturated carbocycles. The molecule has 2 N–H and O–H groups in total. The number of hydrogen-bond acceptors (Lipinski definition) is 5. The molecule has 7 heteroatoms. The first-order valence-corrected chi connectivity index (χ1v) is 4.58. The van der Waals surface area contributed by atoms with Gasteiger partial charge in [-0.1, -0.05) is 0 Å². The summed E-state index contributed by atoms with van der Waals surface area (Å²) < 4.78 is 4.46. The van der Waals surface area contributed by atoms with E-state index < -0.39 is 35.7 Å². The molecule has 88 valence electrons. The lowest BCUT2D eigenvalue weighted by Crippen LogP contribution is -2.31. The summed E-state index contributed by atoms with van der Waals surface area (Å²) in [5.41, 5.74) is 0. The molecule has 7 nitrogen and oxygen atoms in total. The fourth-order valence-electron chi connectivity index (χ4n) is 1.48. The fourth-order valence-corrected chi connectivity index (χ4v) is 1.48. The standard InChI is InChI=1S/C9H10O7/c10-5(1-2-6(11)12)4-3-7(13)16-8(4)9(14)15/h4,8H,1-3H2,(H,11,12)(H,14,15)/t4-,8+/m0/s1. The number of ketones is 1. The van der Waals surface area contributed by atoms with Gasteiger partial charge in [0.05, 0.1) is 18.8 Å². The molecule has 1 heterocycles. The van der Waals surface area contributed by atoms with Gasteiger partial charge in [0.25, 0.3) is 0 Å². The molecule has 0 aromatic rings. The molecule has 0 bridgehead atoms. The number of carboxylic acid groups (broad SMARTS) is 2. The van der Waals surface area contributed by atoms with Crippen molar-refractivity contribution < 1.29 is 34.1 Å². The minimum absolute atomic E-state index is 0.291. The Morgan fingerprint density at radius 2 is 1.88 bits per heavy atom. The van der Waals surface area contributed by atoms with E-state index in [0.29, 0.717) is 0 Å². The molecular weight excluding hydrogens is 220 g/mol. The molecule has 2 atom stereocenters. The average Bonchev–Trinajstić information content (AvgIpc) is 2.56. The van der Waals surface area contributed by atoms with Gasteiger partial charge in [-0.3, -0.25) is 14.4 Å². The molecule has 0 unspecified atom stereocenters. The number of carbonyl (C=O) groups is 4. The second-order valence-corrected chi connectivity index (χ2v) is 3.42. The molecular formula is C9H10O7. The Balaban J connectivity index is 2.63. The minimum Gasteiger partial charge on any atom is -0.481 e. The maximum atomic E-state index is 11.5. The van der Waals surface area contributed by atoms with Gasteiger partial charge in [0, 0.05) is 6.42 Å². The molecule has 0 aromatic carbocycles. The number of Topliss-reactive ketones (excluding diaryl/α,β-unsaturated/α-hetero) is 1. The number of carboxylic acids is 2. The van der Waals surface area contributed by atoms with Crippen LogP contribution in [0.15, 0.2) is 0 Å². The molecule has 0 aliphatic carbocycles. The van der Waals surface area contributed by atoms with Crippen LogP contribution in [-0.4, -0.2) is 40.0 Å². The zero-order valence-corrected chi connectivity index (χ0v) is 8.21. The van der Waals surface area contributed by atoms with Crippen LogP contribution in [0.25, 0.3) is 0 Å². The zero-order chi connectivity index (χ0) is 12.3. The van der Waals surface area contributed by atoms with E-state index in [1.165, 1.54) is 0 Å². The quantitative estimate of drug-likeness (QED) is 0.607. The van der Waals surface area contributed by atoms with Gasteiger partial charge >= 0.3 is 17.9 Å². The lowest BCUT2D eigenvalue weighted by molar-refractivity contribution is -0.159. The lowest BCUT2D eigenvalue weighted by atomic mass is 9.93. The monoisotopic (exact) mass is 230 g/mol. The Labute approximate surface area is 90.0 Å². The van der Waals surface area contributed by atoms with Crippen LogP contribution in [0.2, 0.25) is 0 Å². The number of aliphatic carboxylic acids is 2. The Morgan fingerprint density at radius 1 is 1.25 bits per heavy atom. The molecule has 0 radical (unpaired) electrons. The van der Waals surface area contributed by atoms with Gasteiger partial charge in [-0.05, 0) is 0 Å². The topological polar surface area (TPSA) is 118 Å². The predicted molar refractivity (Wildman–Crippen MR) is 47.5 cm³/mol. The summed E-state index contributed by atoms with van der Waals surface area (Å²) >= 11 is 0. The van der Waals surface area contributed by atoms with Crippen molar-refractivity contribution >= 4 is 23.7 Å². The number of carbonyl (C=O) groups excluding carboxylic acids is 2. The van der Waals surface area contributed by atoms with E-state index in [1.54, 1.807) is 0 Å². The van der Waals surface area contributed by atoms with E-state index in [1.807, 2.05) is 0 Å². The van der Waals surface area contributed by atoms with Crippen molar-refractivity contribution in [1.82, 2.24) is 0 Å². The second-order valence-electron chi connectivity index (χ2n) is 3.42. The molecule has 1 fully saturated rings. The number of hydrogen-bond donors (Lipinski definition) is 2. The van der Waals surface area contributed by atoms with Crippen LogP contribution in [0.3, 0.4) is 0 Å². The summed E-state index contributed by atoms with van der Waals surface area (Å²) in [6, 6.07) is 0. The normalized spacial score (nSPS) is 23.9. The average molecular weight is 230 g/mol. The van der Waals surface area contributed by atoms with Crippen LogP contribution in [0.5, 0.6) is 0 Å². The summed E-state index contributed by atoms with van der Waals surface area (Å²) in [6.45, 7) is 0. The van der Waals surface area contributed by atoms with Crippen LogP contribution in [0.4, 0.5) is 0 Å². The van der Waals surface area contributed by atoms with Crippen LogP contribution >= 0.6 is 0 Å². The van der Waals surface area contributed by atoms with Crippen molar-refractivity contribution in [3.05, 3.63) is 0 Å². The van der Waals surface area contributed by atoms with Crippen LogP contribution in [0.1, 0.15) is 19.3 Å². The third kappa shape index (κ3) is 2.78. The second kappa shape index (κ2) is 4.73. The van der Waals surface area contributed by atoms with Crippen molar-refractivity contribution in [3.63, 3.8) is 0 Å². The maximum Gasteiger partial charge on any atom is 0.345 e. The van der Waals surface area contributed by atoms with Gasteiger partial charge in [-0.15, -0.1) is 0 Å². The molecule has 1 aliphatic heterocycles. The third-order valence-electron chi connectivity index (χ3n) is 2.25. The van der Waals surface area contributed by atoms with Gasteiger partial charge in [0.2, 0.25) is 6.10 Å². The molecule has 0 aromatic heterocycles. The van der Waals surface area contributed by atoms with Crippen LogP contribution in [0, 0.1) is 5.92 Å². The zero-order valence-electron chi connectivity index (χ0n) is 8.21. The number of ether oxygens (including phenoxy) is 1. The van der Waals surface area contributed by atoms with Crippen molar-refractivity contribution in [3.8, 4) is 0 Å². The molecule has 0 amide bonds. The van der Waals surface area contributed by atoms with Gasteiger partial charge in [-0.25, -0.2) is 4.79 Å². The van der Waals surface area contributed by atoms with E-state index in [9.17, 15) is 19.2 Å². The highest BCUT2D eigenvalue weighted by molar-refractivity contribution is 5.95. The SMILES string of the molecule is O=C(O)CCC(=O)[C@@H]1CC(=O)O[C@H]1C(=O)O. The van der Waals surface area contributed by atoms with Crippen molar-refractivity contribution in [1.29, 1.82) is 0 Å².